The van der Waals surface area contributed by atoms with Crippen LogP contribution < -0.4 is 4.90 Å². The molecule has 3 heterocycles. The molecule has 2 fully saturated rings. The second-order valence-corrected chi connectivity index (χ2v) is 9.47. The minimum absolute atomic E-state index is 0.0522. The molecule has 0 N–H and O–H groups in total. The average molecular weight is 464 g/mol. The van der Waals surface area contributed by atoms with Crippen molar-refractivity contribution in [3.63, 3.8) is 0 Å². The number of amides is 1. The van der Waals surface area contributed by atoms with E-state index in [1.165, 1.54) is 24.8 Å². The first-order chi connectivity index (χ1) is 16.6. The molecule has 1 aliphatic heterocycles. The molecule has 0 unspecified atom stereocenters. The lowest BCUT2D eigenvalue weighted by Gasteiger charge is -2.39. The van der Waals surface area contributed by atoms with E-state index in [4.69, 9.17) is 4.42 Å². The second kappa shape index (κ2) is 9.97. The van der Waals surface area contributed by atoms with Crippen LogP contribution in [-0.2, 0) is 0 Å². The van der Waals surface area contributed by atoms with Crippen LogP contribution in [0.1, 0.15) is 66.1 Å². The molecule has 34 heavy (non-hydrogen) atoms. The Labute approximate surface area is 200 Å². The van der Waals surface area contributed by atoms with Crippen molar-refractivity contribution in [3.8, 4) is 0 Å². The van der Waals surface area contributed by atoms with Crippen molar-refractivity contribution in [2.45, 2.75) is 44.2 Å². The summed E-state index contributed by atoms with van der Waals surface area (Å²) in [5, 5.41) is 13.1. The highest BCUT2D eigenvalue weighted by atomic mass is 16.3. The van der Waals surface area contributed by atoms with Crippen LogP contribution in [0.3, 0.4) is 0 Å². The number of piperazine rings is 1. The van der Waals surface area contributed by atoms with Crippen molar-refractivity contribution < 1.29 is 9.21 Å². The Balaban J connectivity index is 1.41. The molecule has 1 saturated heterocycles. The van der Waals surface area contributed by atoms with E-state index in [1.807, 2.05) is 19.0 Å². The van der Waals surface area contributed by atoms with Crippen LogP contribution in [0.25, 0.3) is 0 Å². The lowest BCUT2D eigenvalue weighted by Crippen LogP contribution is -2.50. The molecule has 2 aliphatic rings. The largest absolute Gasteiger partial charge is 0.459 e. The van der Waals surface area contributed by atoms with Gasteiger partial charge in [0.1, 0.15) is 0 Å². The van der Waals surface area contributed by atoms with E-state index >= 15 is 0 Å². The number of anilines is 1. The number of nitrogens with zero attached hydrogens (tertiary/aromatic N) is 7. The molecule has 9 heteroatoms. The zero-order valence-corrected chi connectivity index (χ0v) is 20.0. The van der Waals surface area contributed by atoms with Gasteiger partial charge in [-0.3, -0.25) is 9.69 Å². The molecular weight excluding hydrogens is 430 g/mol. The topological polar surface area (TPSA) is 83.5 Å². The Hall–Kier alpha value is -3.20. The lowest BCUT2D eigenvalue weighted by molar-refractivity contribution is 0.0557. The van der Waals surface area contributed by atoms with Crippen molar-refractivity contribution in [2.24, 2.45) is 0 Å². The van der Waals surface area contributed by atoms with Gasteiger partial charge in [0.2, 0.25) is 0 Å². The first-order valence-corrected chi connectivity index (χ1v) is 12.2. The van der Waals surface area contributed by atoms with Crippen molar-refractivity contribution >= 4 is 11.6 Å². The minimum atomic E-state index is -0.0611. The van der Waals surface area contributed by atoms with Gasteiger partial charge in [0, 0.05) is 46.0 Å². The van der Waals surface area contributed by atoms with Crippen LogP contribution >= 0.6 is 0 Å². The van der Waals surface area contributed by atoms with Crippen molar-refractivity contribution in [3.05, 3.63) is 59.8 Å². The number of carbonyl (C=O) groups excluding carboxylic acids is 1. The van der Waals surface area contributed by atoms with Gasteiger partial charge in [-0.25, -0.2) is 4.68 Å². The first-order valence-electron chi connectivity index (χ1n) is 12.2. The zero-order valence-electron chi connectivity index (χ0n) is 20.0. The molecule has 5 rings (SSSR count). The standard InChI is InChI=1S/C25H33N7O2/c1-29(2)20-12-10-19(11-13-20)23(24-26-27-28-32(24)21-7-4-3-5-8-21)30-14-16-31(17-15-30)25(33)22-9-6-18-34-22/h6,9-13,18,21,23H,3-5,7-8,14-17H2,1-2H3/t23-/m1/s1. The number of tetrazole rings is 1. The summed E-state index contributed by atoms with van der Waals surface area (Å²) >= 11 is 0. The summed E-state index contributed by atoms with van der Waals surface area (Å²) < 4.78 is 7.40. The fourth-order valence-electron chi connectivity index (χ4n) is 5.18. The Kier molecular flexibility index (Phi) is 6.62. The molecule has 1 aromatic carbocycles. The van der Waals surface area contributed by atoms with Gasteiger partial charge in [0.15, 0.2) is 11.6 Å². The maximum Gasteiger partial charge on any atom is 0.289 e. The van der Waals surface area contributed by atoms with E-state index in [9.17, 15) is 4.79 Å². The molecule has 1 aliphatic carbocycles. The normalized spacial score (nSPS) is 18.7. The van der Waals surface area contributed by atoms with Crippen LogP contribution in [0.2, 0.25) is 0 Å². The molecule has 180 valence electrons. The van der Waals surface area contributed by atoms with E-state index in [1.54, 1.807) is 18.4 Å². The summed E-state index contributed by atoms with van der Waals surface area (Å²) in [6.45, 7) is 2.75. The predicted molar refractivity (Wildman–Crippen MR) is 129 cm³/mol. The van der Waals surface area contributed by atoms with Gasteiger partial charge in [-0.2, -0.15) is 0 Å². The highest BCUT2D eigenvalue weighted by molar-refractivity contribution is 5.91. The van der Waals surface area contributed by atoms with Gasteiger partial charge in [0.05, 0.1) is 18.3 Å². The molecule has 1 atom stereocenters. The summed E-state index contributed by atoms with van der Waals surface area (Å²) in [6.07, 6.45) is 7.52. The number of benzene rings is 1. The van der Waals surface area contributed by atoms with Gasteiger partial charge < -0.3 is 14.2 Å². The molecule has 1 saturated carbocycles. The van der Waals surface area contributed by atoms with Crippen LogP contribution in [0.4, 0.5) is 5.69 Å². The molecular formula is C25H33N7O2. The quantitative estimate of drug-likeness (QED) is 0.554. The number of rotatable bonds is 6. The monoisotopic (exact) mass is 463 g/mol. The Morgan fingerprint density at radius 1 is 1.03 bits per heavy atom. The number of aromatic nitrogens is 4. The summed E-state index contributed by atoms with van der Waals surface area (Å²) in [4.78, 5) is 19.1. The Morgan fingerprint density at radius 3 is 2.41 bits per heavy atom. The van der Waals surface area contributed by atoms with E-state index in [2.05, 4.69) is 54.3 Å². The van der Waals surface area contributed by atoms with Gasteiger partial charge in [-0.05, 0) is 53.1 Å². The Morgan fingerprint density at radius 2 is 1.76 bits per heavy atom. The fraction of sp³-hybridized carbons (Fsp3) is 0.520. The number of hydrogen-bond donors (Lipinski definition) is 0. The predicted octanol–water partition coefficient (Wildman–Crippen LogP) is 3.38. The number of furan rings is 1. The van der Waals surface area contributed by atoms with Crippen molar-refractivity contribution in [2.75, 3.05) is 45.2 Å². The molecule has 0 radical (unpaired) electrons. The SMILES string of the molecule is CN(C)c1ccc([C@H](c2nnnn2C2CCCCC2)N2CCN(C(=O)c3ccco3)CC2)cc1. The van der Waals surface area contributed by atoms with Crippen molar-refractivity contribution in [1.29, 1.82) is 0 Å². The van der Waals surface area contributed by atoms with Crippen molar-refractivity contribution in [1.82, 2.24) is 30.0 Å². The molecule has 3 aromatic rings. The van der Waals surface area contributed by atoms with E-state index in [-0.39, 0.29) is 11.9 Å². The van der Waals surface area contributed by atoms with E-state index < -0.39 is 0 Å². The lowest BCUT2D eigenvalue weighted by atomic mass is 9.95. The minimum Gasteiger partial charge on any atom is -0.459 e. The molecule has 9 nitrogen and oxygen atoms in total. The van der Waals surface area contributed by atoms with Crippen LogP contribution in [0, 0.1) is 0 Å². The zero-order chi connectivity index (χ0) is 23.5. The molecule has 0 spiro atoms. The smallest absolute Gasteiger partial charge is 0.289 e. The Bertz CT molecular complexity index is 1060. The van der Waals surface area contributed by atoms with Crippen LogP contribution in [0.5, 0.6) is 0 Å². The third kappa shape index (κ3) is 4.57. The summed E-state index contributed by atoms with van der Waals surface area (Å²) in [5.41, 5.74) is 2.33. The number of carbonyl (C=O) groups is 1. The van der Waals surface area contributed by atoms with Gasteiger partial charge in [-0.1, -0.05) is 31.4 Å². The first kappa shape index (κ1) is 22.6. The molecule has 1 amide bonds. The van der Waals surface area contributed by atoms with Gasteiger partial charge >= 0.3 is 0 Å². The second-order valence-electron chi connectivity index (χ2n) is 9.47. The van der Waals surface area contributed by atoms with E-state index in [0.717, 1.165) is 37.4 Å². The summed E-state index contributed by atoms with van der Waals surface area (Å²) in [5.74, 6) is 1.24. The van der Waals surface area contributed by atoms with E-state index in [0.29, 0.717) is 24.9 Å². The average Bonchev–Trinajstić information content (AvgIpc) is 3.58. The van der Waals surface area contributed by atoms with Gasteiger partial charge in [0.25, 0.3) is 5.91 Å². The maximum absolute atomic E-state index is 12.8. The third-order valence-electron chi connectivity index (χ3n) is 7.11. The number of hydrogen-bond acceptors (Lipinski definition) is 7. The highest BCUT2D eigenvalue weighted by Gasteiger charge is 2.34. The van der Waals surface area contributed by atoms with Crippen LogP contribution in [-0.4, -0.2) is 76.2 Å². The molecule has 2 aromatic heterocycles. The molecule has 0 bridgehead atoms. The van der Waals surface area contributed by atoms with Gasteiger partial charge in [-0.15, -0.1) is 5.10 Å². The van der Waals surface area contributed by atoms with Crippen LogP contribution in [0.15, 0.2) is 47.1 Å². The highest BCUT2D eigenvalue weighted by Crippen LogP contribution is 2.34. The third-order valence-corrected chi connectivity index (χ3v) is 7.11. The fourth-order valence-corrected chi connectivity index (χ4v) is 5.18. The summed E-state index contributed by atoms with van der Waals surface area (Å²) in [7, 11) is 4.09. The summed E-state index contributed by atoms with van der Waals surface area (Å²) in [6, 6.07) is 12.4. The maximum atomic E-state index is 12.8.